The van der Waals surface area contributed by atoms with Crippen LogP contribution in [0.2, 0.25) is 0 Å². The van der Waals surface area contributed by atoms with E-state index in [9.17, 15) is 24.3 Å². The lowest BCUT2D eigenvalue weighted by atomic mass is 9.82. The Hall–Kier alpha value is -2.88. The van der Waals surface area contributed by atoms with Crippen molar-refractivity contribution in [3.05, 3.63) is 23.5 Å². The normalized spacial score (nSPS) is 24.7. The van der Waals surface area contributed by atoms with Crippen molar-refractivity contribution in [2.45, 2.75) is 85.7 Å². The van der Waals surface area contributed by atoms with E-state index in [1.54, 1.807) is 0 Å². The van der Waals surface area contributed by atoms with Crippen LogP contribution in [0, 0.1) is 23.7 Å². The fourth-order valence-corrected chi connectivity index (χ4v) is 4.17. The van der Waals surface area contributed by atoms with Gasteiger partial charge in [-0.25, -0.2) is 0 Å². The summed E-state index contributed by atoms with van der Waals surface area (Å²) in [5.74, 6) is -3.19. The van der Waals surface area contributed by atoms with Crippen molar-refractivity contribution < 1.29 is 48.0 Å². The number of carbonyl (C=O) groups is 4. The van der Waals surface area contributed by atoms with Gasteiger partial charge in [0.2, 0.25) is 0 Å². The lowest BCUT2D eigenvalue weighted by molar-refractivity contribution is -0.218. The smallest absolute Gasteiger partial charge is 0.309 e. The highest BCUT2D eigenvalue weighted by molar-refractivity contribution is 5.72. The largest absolute Gasteiger partial charge is 0.462 e. The fraction of sp³-hybridized carbons (Fsp3) is 0.704. The van der Waals surface area contributed by atoms with Gasteiger partial charge in [-0.2, -0.15) is 0 Å². The number of fused-ring (bicyclic) bond motifs is 1. The summed E-state index contributed by atoms with van der Waals surface area (Å²) in [6, 6.07) is 0. The van der Waals surface area contributed by atoms with Crippen molar-refractivity contribution in [2.75, 3.05) is 13.2 Å². The summed E-state index contributed by atoms with van der Waals surface area (Å²) in [4.78, 5) is 48.9. The zero-order chi connectivity index (χ0) is 27.9. The zero-order valence-electron chi connectivity index (χ0n) is 22.8. The number of aliphatic hydroxyl groups is 1. The van der Waals surface area contributed by atoms with Crippen molar-refractivity contribution in [1.29, 1.82) is 0 Å². The first-order valence-electron chi connectivity index (χ1n) is 12.7. The number of carbonyl (C=O) groups excluding carboxylic acids is 4. The summed E-state index contributed by atoms with van der Waals surface area (Å²) in [6.45, 7) is 11.7. The van der Waals surface area contributed by atoms with Crippen LogP contribution in [-0.2, 0) is 42.9 Å². The van der Waals surface area contributed by atoms with Crippen LogP contribution in [0.25, 0.3) is 0 Å². The van der Waals surface area contributed by atoms with Gasteiger partial charge in [-0.15, -0.1) is 0 Å². The van der Waals surface area contributed by atoms with Gasteiger partial charge in [0.15, 0.2) is 11.7 Å². The van der Waals surface area contributed by atoms with Crippen LogP contribution in [0.4, 0.5) is 0 Å². The van der Waals surface area contributed by atoms with Crippen LogP contribution in [0.1, 0.15) is 67.7 Å². The van der Waals surface area contributed by atoms with Gasteiger partial charge in [0, 0.05) is 31.8 Å². The second-order valence-electron chi connectivity index (χ2n) is 10.9. The standard InChI is InChI=1S/C27H40O10/c1-15(2)8-22(29)35-14-27(32)21(36-23(30)9-16(3)4)11-20-19(12-33-18(7)28)13-34-26(25(20)27)37-24(31)10-17(5)6/h11,13,15-17,21,25-26,32H,8-10,12,14H2,1-7H3/t21-,25-,26+,27+/m1/s1. The molecular weight excluding hydrogens is 484 g/mol. The molecule has 0 spiro atoms. The molecule has 0 fully saturated rings. The molecule has 1 N–H and O–H groups in total. The van der Waals surface area contributed by atoms with Crippen LogP contribution in [0.3, 0.4) is 0 Å². The van der Waals surface area contributed by atoms with Crippen LogP contribution < -0.4 is 0 Å². The molecule has 2 rings (SSSR count). The van der Waals surface area contributed by atoms with Crippen LogP contribution >= 0.6 is 0 Å². The third-order valence-corrected chi connectivity index (χ3v) is 5.81. The van der Waals surface area contributed by atoms with Gasteiger partial charge in [0.1, 0.15) is 13.2 Å². The summed E-state index contributed by atoms with van der Waals surface area (Å²) in [5.41, 5.74) is -1.20. The Morgan fingerprint density at radius 2 is 1.43 bits per heavy atom. The van der Waals surface area contributed by atoms with Gasteiger partial charge >= 0.3 is 23.9 Å². The van der Waals surface area contributed by atoms with E-state index < -0.39 is 54.4 Å². The number of esters is 4. The lowest BCUT2D eigenvalue weighted by Gasteiger charge is -2.40. The third-order valence-electron chi connectivity index (χ3n) is 5.81. The molecule has 10 nitrogen and oxygen atoms in total. The molecule has 0 bridgehead atoms. The molecule has 10 heteroatoms. The predicted octanol–water partition coefficient (Wildman–Crippen LogP) is 3.21. The number of ether oxygens (including phenoxy) is 5. The molecule has 0 radical (unpaired) electrons. The van der Waals surface area contributed by atoms with Gasteiger partial charge in [0.25, 0.3) is 6.29 Å². The molecule has 0 aromatic heterocycles. The Morgan fingerprint density at radius 3 is 1.97 bits per heavy atom. The van der Waals surface area contributed by atoms with Gasteiger partial charge in [-0.1, -0.05) is 41.5 Å². The maximum absolute atomic E-state index is 12.6. The minimum Gasteiger partial charge on any atom is -0.462 e. The summed E-state index contributed by atoms with van der Waals surface area (Å²) in [7, 11) is 0. The van der Waals surface area contributed by atoms with E-state index in [1.165, 1.54) is 19.3 Å². The van der Waals surface area contributed by atoms with Crippen molar-refractivity contribution in [2.24, 2.45) is 23.7 Å². The number of hydrogen-bond donors (Lipinski definition) is 1. The molecule has 0 saturated carbocycles. The first-order valence-corrected chi connectivity index (χ1v) is 12.7. The first-order chi connectivity index (χ1) is 17.2. The molecule has 1 aliphatic heterocycles. The van der Waals surface area contributed by atoms with Crippen molar-refractivity contribution in [3.63, 3.8) is 0 Å². The molecule has 1 aliphatic carbocycles. The topological polar surface area (TPSA) is 135 Å². The van der Waals surface area contributed by atoms with Gasteiger partial charge in [0.05, 0.1) is 12.2 Å². The molecule has 0 amide bonds. The summed E-state index contributed by atoms with van der Waals surface area (Å²) >= 11 is 0. The van der Waals surface area contributed by atoms with E-state index in [1.807, 2.05) is 41.5 Å². The molecular formula is C27H40O10. The molecule has 0 unspecified atom stereocenters. The maximum Gasteiger partial charge on any atom is 0.309 e. The quantitative estimate of drug-likeness (QED) is 0.299. The average molecular weight is 525 g/mol. The molecule has 0 saturated heterocycles. The van der Waals surface area contributed by atoms with Crippen LogP contribution in [0.5, 0.6) is 0 Å². The fourth-order valence-electron chi connectivity index (χ4n) is 4.17. The Bertz CT molecular complexity index is 916. The van der Waals surface area contributed by atoms with E-state index >= 15 is 0 Å². The Labute approximate surface area is 218 Å². The average Bonchev–Trinajstić information content (AvgIpc) is 3.03. The van der Waals surface area contributed by atoms with Crippen molar-refractivity contribution in [1.82, 2.24) is 0 Å². The highest BCUT2D eigenvalue weighted by atomic mass is 16.7. The summed E-state index contributed by atoms with van der Waals surface area (Å²) in [6.07, 6.45) is 0.625. The SMILES string of the molecule is CC(=O)OCC1=CO[C@@H](OC(=O)CC(C)C)[C@H]2C1=C[C@@H](OC(=O)CC(C)C)[C@@]2(O)COC(=O)CC(C)C. The monoisotopic (exact) mass is 524 g/mol. The van der Waals surface area contributed by atoms with E-state index in [0.29, 0.717) is 11.1 Å². The molecule has 1 heterocycles. The second-order valence-corrected chi connectivity index (χ2v) is 10.9. The van der Waals surface area contributed by atoms with Gasteiger partial charge in [-0.3, -0.25) is 19.2 Å². The van der Waals surface area contributed by atoms with Gasteiger partial charge < -0.3 is 28.8 Å². The minimum atomic E-state index is -2.01. The third kappa shape index (κ3) is 8.59. The molecule has 0 aromatic carbocycles. The molecule has 37 heavy (non-hydrogen) atoms. The van der Waals surface area contributed by atoms with E-state index in [4.69, 9.17) is 23.7 Å². The molecule has 0 aromatic rings. The van der Waals surface area contributed by atoms with Crippen molar-refractivity contribution >= 4 is 23.9 Å². The van der Waals surface area contributed by atoms with E-state index in [-0.39, 0.29) is 43.6 Å². The van der Waals surface area contributed by atoms with Crippen molar-refractivity contribution in [3.8, 4) is 0 Å². The summed E-state index contributed by atoms with van der Waals surface area (Å²) in [5, 5.41) is 12.0. The highest BCUT2D eigenvalue weighted by Crippen LogP contribution is 2.47. The second kappa shape index (κ2) is 13.1. The zero-order valence-corrected chi connectivity index (χ0v) is 22.8. The number of rotatable bonds is 12. The highest BCUT2D eigenvalue weighted by Gasteiger charge is 2.59. The lowest BCUT2D eigenvalue weighted by Crippen LogP contribution is -2.56. The summed E-state index contributed by atoms with van der Waals surface area (Å²) < 4.78 is 27.5. The van der Waals surface area contributed by atoms with Crippen LogP contribution in [-0.4, -0.2) is 60.2 Å². The Kier molecular flexibility index (Phi) is 10.7. The minimum absolute atomic E-state index is 0.00768. The first kappa shape index (κ1) is 30.3. The predicted molar refractivity (Wildman–Crippen MR) is 131 cm³/mol. The van der Waals surface area contributed by atoms with Gasteiger partial charge in [-0.05, 0) is 29.4 Å². The Morgan fingerprint density at radius 1 is 0.892 bits per heavy atom. The maximum atomic E-state index is 12.6. The van der Waals surface area contributed by atoms with E-state index in [2.05, 4.69) is 0 Å². The molecule has 208 valence electrons. The van der Waals surface area contributed by atoms with E-state index in [0.717, 1.165) is 0 Å². The molecule has 4 atom stereocenters. The van der Waals surface area contributed by atoms with Crippen LogP contribution in [0.15, 0.2) is 23.5 Å². The molecule has 2 aliphatic rings. The number of hydrogen-bond acceptors (Lipinski definition) is 10. The Balaban J connectivity index is 2.45.